The maximum atomic E-state index is 12.6. The average molecular weight is 517 g/mol. The number of imide groups is 1. The van der Waals surface area contributed by atoms with E-state index in [1.54, 1.807) is 13.8 Å². The van der Waals surface area contributed by atoms with Crippen molar-refractivity contribution in [1.29, 1.82) is 0 Å². The summed E-state index contributed by atoms with van der Waals surface area (Å²) in [5, 5.41) is 21.7. The first-order valence-corrected chi connectivity index (χ1v) is 11.1. The number of hydrogen-bond acceptors (Lipinski definition) is 11. The molecule has 0 saturated carbocycles. The Morgan fingerprint density at radius 3 is 2.36 bits per heavy atom. The summed E-state index contributed by atoms with van der Waals surface area (Å²) in [6.07, 6.45) is 1.02. The molecule has 2 amide bonds. The van der Waals surface area contributed by atoms with Crippen LogP contribution in [0.1, 0.15) is 19.4 Å². The van der Waals surface area contributed by atoms with Crippen LogP contribution in [0.5, 0.6) is 17.2 Å². The second kappa shape index (κ2) is 10.9. The SMILES string of the molecule is COc1cc(/C=C2\SC(=O)N(CC(=O)OC(C)C)C2=O)ccc1Oc1ccc([N+](=O)[O-])cc1[N+](=O)[O-]. The largest absolute Gasteiger partial charge is 0.493 e. The number of nitro benzene ring substituents is 2. The Morgan fingerprint density at radius 1 is 1.06 bits per heavy atom. The van der Waals surface area contributed by atoms with Gasteiger partial charge in [0.25, 0.3) is 16.8 Å². The molecule has 0 radical (unpaired) electrons. The molecule has 0 unspecified atom stereocenters. The van der Waals surface area contributed by atoms with Gasteiger partial charge in [0.1, 0.15) is 6.54 Å². The lowest BCUT2D eigenvalue weighted by atomic mass is 10.1. The highest BCUT2D eigenvalue weighted by atomic mass is 32.2. The number of rotatable bonds is 9. The molecule has 0 aliphatic carbocycles. The van der Waals surface area contributed by atoms with Gasteiger partial charge in [-0.3, -0.25) is 39.5 Å². The van der Waals surface area contributed by atoms with E-state index in [-0.39, 0.29) is 22.2 Å². The summed E-state index contributed by atoms with van der Waals surface area (Å²) in [6.45, 7) is 2.78. The molecule has 0 atom stereocenters. The minimum absolute atomic E-state index is 0.0659. The van der Waals surface area contributed by atoms with Crippen molar-refractivity contribution in [1.82, 2.24) is 4.90 Å². The number of nitro groups is 2. The molecule has 3 rings (SSSR count). The Hall–Kier alpha value is -4.46. The van der Waals surface area contributed by atoms with E-state index in [2.05, 4.69) is 0 Å². The van der Waals surface area contributed by atoms with Crippen molar-refractivity contribution in [2.24, 2.45) is 0 Å². The normalized spacial score (nSPS) is 14.3. The second-order valence-corrected chi connectivity index (χ2v) is 8.48. The van der Waals surface area contributed by atoms with Gasteiger partial charge in [-0.1, -0.05) is 6.07 Å². The molecule has 1 fully saturated rings. The number of hydrogen-bond donors (Lipinski definition) is 0. The molecule has 1 aliphatic rings. The highest BCUT2D eigenvalue weighted by Crippen LogP contribution is 2.39. The fourth-order valence-electron chi connectivity index (χ4n) is 3.04. The topological polar surface area (TPSA) is 168 Å². The van der Waals surface area contributed by atoms with E-state index in [9.17, 15) is 34.6 Å². The van der Waals surface area contributed by atoms with Crippen LogP contribution in [-0.2, 0) is 14.3 Å². The van der Waals surface area contributed by atoms with Gasteiger partial charge in [-0.15, -0.1) is 0 Å². The molecule has 0 N–H and O–H groups in total. The molecule has 2 aromatic carbocycles. The second-order valence-electron chi connectivity index (χ2n) is 7.49. The third-order valence-electron chi connectivity index (χ3n) is 4.58. The number of esters is 1. The maximum Gasteiger partial charge on any atom is 0.326 e. The number of nitrogens with zero attached hydrogens (tertiary/aromatic N) is 3. The van der Waals surface area contributed by atoms with Crippen molar-refractivity contribution >= 4 is 46.3 Å². The molecule has 13 nitrogen and oxygen atoms in total. The minimum Gasteiger partial charge on any atom is -0.493 e. The van der Waals surface area contributed by atoms with Gasteiger partial charge in [0.2, 0.25) is 5.75 Å². The van der Waals surface area contributed by atoms with Crippen molar-refractivity contribution < 1.29 is 38.4 Å². The number of ether oxygens (including phenoxy) is 3. The van der Waals surface area contributed by atoms with Crippen LogP contribution in [0, 0.1) is 20.2 Å². The number of thioether (sulfide) groups is 1. The number of carbonyl (C=O) groups is 3. The van der Waals surface area contributed by atoms with Crippen molar-refractivity contribution in [2.45, 2.75) is 20.0 Å². The first-order chi connectivity index (χ1) is 17.0. The highest BCUT2D eigenvalue weighted by molar-refractivity contribution is 8.18. The number of methoxy groups -OCH3 is 1. The third-order valence-corrected chi connectivity index (χ3v) is 5.49. The molecule has 14 heteroatoms. The van der Waals surface area contributed by atoms with Crippen molar-refractivity contribution in [3.05, 3.63) is 67.1 Å². The van der Waals surface area contributed by atoms with Gasteiger partial charge in [-0.25, -0.2) is 0 Å². The zero-order valence-corrected chi connectivity index (χ0v) is 20.0. The Balaban J connectivity index is 1.84. The molecule has 0 spiro atoms. The van der Waals surface area contributed by atoms with Crippen molar-refractivity contribution in [3.8, 4) is 17.2 Å². The van der Waals surface area contributed by atoms with Crippen molar-refractivity contribution in [3.63, 3.8) is 0 Å². The van der Waals surface area contributed by atoms with Gasteiger partial charge < -0.3 is 14.2 Å². The van der Waals surface area contributed by atoms with Crippen LogP contribution in [0.25, 0.3) is 6.08 Å². The third kappa shape index (κ3) is 5.96. The van der Waals surface area contributed by atoms with Crippen molar-refractivity contribution in [2.75, 3.05) is 13.7 Å². The van der Waals surface area contributed by atoms with Crippen LogP contribution in [0.15, 0.2) is 41.3 Å². The molecule has 2 aromatic rings. The zero-order chi connectivity index (χ0) is 26.6. The van der Waals surface area contributed by atoms with Crippen LogP contribution < -0.4 is 9.47 Å². The fourth-order valence-corrected chi connectivity index (χ4v) is 3.88. The van der Waals surface area contributed by atoms with E-state index >= 15 is 0 Å². The predicted octanol–water partition coefficient (Wildman–Crippen LogP) is 4.29. The van der Waals surface area contributed by atoms with Crippen LogP contribution in [0.2, 0.25) is 0 Å². The summed E-state index contributed by atoms with van der Waals surface area (Å²) >= 11 is 0.655. The monoisotopic (exact) mass is 517 g/mol. The molecule has 36 heavy (non-hydrogen) atoms. The van der Waals surface area contributed by atoms with E-state index in [1.165, 1.54) is 31.4 Å². The quantitative estimate of drug-likeness (QED) is 0.201. The summed E-state index contributed by atoms with van der Waals surface area (Å²) in [7, 11) is 1.32. The van der Waals surface area contributed by atoms with Crippen LogP contribution >= 0.6 is 11.8 Å². The lowest BCUT2D eigenvalue weighted by Crippen LogP contribution is -2.35. The van der Waals surface area contributed by atoms with E-state index in [0.717, 1.165) is 23.1 Å². The first kappa shape index (κ1) is 26.2. The van der Waals surface area contributed by atoms with Gasteiger partial charge in [-0.05, 0) is 55.4 Å². The van der Waals surface area contributed by atoms with E-state index in [4.69, 9.17) is 14.2 Å². The molecular weight excluding hydrogens is 498 g/mol. The predicted molar refractivity (Wildman–Crippen MR) is 127 cm³/mol. The smallest absolute Gasteiger partial charge is 0.326 e. The number of non-ortho nitro benzene ring substituents is 1. The number of benzene rings is 2. The average Bonchev–Trinajstić information content (AvgIpc) is 3.06. The maximum absolute atomic E-state index is 12.6. The van der Waals surface area contributed by atoms with E-state index < -0.39 is 51.0 Å². The van der Waals surface area contributed by atoms with Crippen LogP contribution in [-0.4, -0.2) is 51.6 Å². The van der Waals surface area contributed by atoms with Gasteiger partial charge in [0, 0.05) is 6.07 Å². The first-order valence-electron chi connectivity index (χ1n) is 10.2. The Morgan fingerprint density at radius 2 is 1.75 bits per heavy atom. The molecule has 1 heterocycles. The standard InChI is InChI=1S/C22H19N3O10S/c1-12(2)34-20(26)11-23-21(27)19(36-22(23)28)9-13-4-6-17(18(8-13)33-3)35-16-7-5-14(24(29)30)10-15(16)25(31)32/h4-10,12H,11H2,1-3H3/b19-9-. The molecule has 1 aliphatic heterocycles. The number of amides is 2. The fraction of sp³-hybridized carbons (Fsp3) is 0.227. The van der Waals surface area contributed by atoms with Crippen LogP contribution in [0.3, 0.4) is 0 Å². The van der Waals surface area contributed by atoms with Crippen LogP contribution in [0.4, 0.5) is 16.2 Å². The highest BCUT2D eigenvalue weighted by Gasteiger charge is 2.36. The molecular formula is C22H19N3O10S. The summed E-state index contributed by atoms with van der Waals surface area (Å²) in [6, 6.07) is 7.34. The number of carbonyl (C=O) groups excluding carboxylic acids is 3. The summed E-state index contributed by atoms with van der Waals surface area (Å²) in [5.41, 5.74) is -0.643. The Labute approximate surface area is 207 Å². The molecule has 1 saturated heterocycles. The van der Waals surface area contributed by atoms with E-state index in [1.807, 2.05) is 0 Å². The lowest BCUT2D eigenvalue weighted by Gasteiger charge is -2.13. The summed E-state index contributed by atoms with van der Waals surface area (Å²) in [5.74, 6) is -1.41. The molecule has 0 bridgehead atoms. The Kier molecular flexibility index (Phi) is 7.89. The van der Waals surface area contributed by atoms with Gasteiger partial charge >= 0.3 is 11.7 Å². The van der Waals surface area contributed by atoms with E-state index in [0.29, 0.717) is 17.3 Å². The zero-order valence-electron chi connectivity index (χ0n) is 19.2. The molecule has 0 aromatic heterocycles. The van der Waals surface area contributed by atoms with Gasteiger partial charge in [0.15, 0.2) is 11.5 Å². The minimum atomic E-state index is -0.809. The molecule has 188 valence electrons. The summed E-state index contributed by atoms with van der Waals surface area (Å²) < 4.78 is 15.8. The summed E-state index contributed by atoms with van der Waals surface area (Å²) in [4.78, 5) is 58.3. The van der Waals surface area contributed by atoms with Gasteiger partial charge in [-0.2, -0.15) is 0 Å². The lowest BCUT2D eigenvalue weighted by molar-refractivity contribution is -0.394. The Bertz CT molecular complexity index is 1290. The van der Waals surface area contributed by atoms with Gasteiger partial charge in [0.05, 0.1) is 34.0 Å².